The molecule has 2 aliphatic rings. The van der Waals surface area contributed by atoms with E-state index in [-0.39, 0.29) is 36.4 Å². The van der Waals surface area contributed by atoms with Gasteiger partial charge in [0.05, 0.1) is 11.5 Å². The second kappa shape index (κ2) is 12.5. The molecule has 0 saturated carbocycles. The number of amides is 2. The third-order valence-corrected chi connectivity index (χ3v) is 8.45. The zero-order valence-electron chi connectivity index (χ0n) is 19.5. The van der Waals surface area contributed by atoms with E-state index in [1.807, 2.05) is 28.5 Å². The molecular weight excluding hydrogens is 538 g/mol. The van der Waals surface area contributed by atoms with Gasteiger partial charge in [-0.05, 0) is 67.9 Å². The summed E-state index contributed by atoms with van der Waals surface area (Å²) in [6, 6.07) is 12.3. The fraction of sp³-hybridized carbons (Fsp3) is 0.520. The monoisotopic (exact) mass is 569 g/mol. The van der Waals surface area contributed by atoms with Gasteiger partial charge in [0.15, 0.2) is 0 Å². The Bertz CT molecular complexity index is 933. The van der Waals surface area contributed by atoms with Crippen LogP contribution in [0.2, 0.25) is 0 Å². The Morgan fingerprint density at radius 1 is 1.18 bits per heavy atom. The summed E-state index contributed by atoms with van der Waals surface area (Å²) in [5, 5.41) is 5.15. The van der Waals surface area contributed by atoms with E-state index >= 15 is 0 Å². The average molecular weight is 571 g/mol. The van der Waals surface area contributed by atoms with Gasteiger partial charge in [-0.2, -0.15) is 0 Å². The Balaban J connectivity index is 0.00000324. The number of carbonyl (C=O) groups excluding carboxylic acids is 2. The molecule has 1 N–H and O–H groups in total. The van der Waals surface area contributed by atoms with E-state index < -0.39 is 0 Å². The summed E-state index contributed by atoms with van der Waals surface area (Å²) in [4.78, 5) is 31.1. The van der Waals surface area contributed by atoms with Gasteiger partial charge in [-0.15, -0.1) is 23.7 Å². The maximum Gasteiger partial charge on any atom is 0.246 e. The molecule has 2 aliphatic heterocycles. The predicted octanol–water partition coefficient (Wildman–Crippen LogP) is 4.64. The van der Waals surface area contributed by atoms with Gasteiger partial charge in [0.1, 0.15) is 6.61 Å². The van der Waals surface area contributed by atoms with Crippen LogP contribution < -0.4 is 5.32 Å². The minimum Gasteiger partial charge on any atom is -0.375 e. The summed E-state index contributed by atoms with van der Waals surface area (Å²) in [6.45, 7) is 4.39. The van der Waals surface area contributed by atoms with Gasteiger partial charge in [-0.3, -0.25) is 9.59 Å². The molecule has 1 aromatic heterocycles. The molecule has 2 saturated heterocycles. The van der Waals surface area contributed by atoms with Crippen molar-refractivity contribution in [3.8, 4) is 0 Å². The average Bonchev–Trinajstić information content (AvgIpc) is 3.45. The number of thiophene rings is 1. The quantitative estimate of drug-likeness (QED) is 0.477. The first-order chi connectivity index (χ1) is 16.0. The molecule has 2 amide bonds. The Kier molecular flexibility index (Phi) is 9.97. The molecule has 1 aromatic carbocycles. The summed E-state index contributed by atoms with van der Waals surface area (Å²) >= 11 is 5.14. The molecule has 0 radical (unpaired) electrons. The van der Waals surface area contributed by atoms with Gasteiger partial charge in [-0.25, -0.2) is 0 Å². The van der Waals surface area contributed by atoms with Gasteiger partial charge < -0.3 is 19.9 Å². The van der Waals surface area contributed by atoms with Crippen LogP contribution in [0.4, 0.5) is 0 Å². The highest BCUT2D eigenvalue weighted by molar-refractivity contribution is 9.10. The van der Waals surface area contributed by atoms with E-state index in [9.17, 15) is 9.59 Å². The maximum atomic E-state index is 13.3. The summed E-state index contributed by atoms with van der Waals surface area (Å²) in [6.07, 6.45) is 3.65. The number of benzene rings is 1. The van der Waals surface area contributed by atoms with Crippen LogP contribution in [0.5, 0.6) is 0 Å². The fourth-order valence-corrected chi connectivity index (χ4v) is 6.05. The smallest absolute Gasteiger partial charge is 0.246 e. The van der Waals surface area contributed by atoms with Crippen molar-refractivity contribution in [3.05, 3.63) is 56.7 Å². The molecule has 2 aromatic rings. The van der Waals surface area contributed by atoms with Crippen LogP contribution in [0, 0.1) is 5.41 Å². The number of hydrogen-bond acceptors (Lipinski definition) is 5. The number of rotatable bonds is 9. The largest absolute Gasteiger partial charge is 0.375 e. The highest BCUT2D eigenvalue weighted by atomic mass is 79.9. The van der Waals surface area contributed by atoms with Crippen LogP contribution >= 0.6 is 39.7 Å². The second-order valence-corrected chi connectivity index (χ2v) is 11.0. The van der Waals surface area contributed by atoms with Crippen molar-refractivity contribution in [2.45, 2.75) is 38.3 Å². The van der Waals surface area contributed by atoms with Crippen LogP contribution in [0.15, 0.2) is 46.3 Å². The van der Waals surface area contributed by atoms with Crippen LogP contribution in [-0.4, -0.2) is 61.5 Å². The number of nitrogens with zero attached hydrogens (tertiary/aromatic N) is 2. The molecule has 1 unspecified atom stereocenters. The number of ether oxygens (including phenoxy) is 1. The van der Waals surface area contributed by atoms with Crippen molar-refractivity contribution in [1.29, 1.82) is 0 Å². The summed E-state index contributed by atoms with van der Waals surface area (Å²) in [7, 11) is 1.54. The summed E-state index contributed by atoms with van der Waals surface area (Å²) < 4.78 is 6.03. The molecule has 6 nitrogen and oxygen atoms in total. The summed E-state index contributed by atoms with van der Waals surface area (Å²) in [5.74, 6) is 0.240. The number of likely N-dealkylation sites (tertiary alicyclic amines) is 2. The van der Waals surface area contributed by atoms with Gasteiger partial charge in [0.25, 0.3) is 0 Å². The minimum absolute atomic E-state index is 0. The first kappa shape index (κ1) is 27.1. The lowest BCUT2D eigenvalue weighted by molar-refractivity contribution is -0.139. The van der Waals surface area contributed by atoms with Crippen molar-refractivity contribution in [1.82, 2.24) is 15.1 Å². The van der Waals surface area contributed by atoms with Crippen LogP contribution in [0.1, 0.15) is 42.2 Å². The lowest BCUT2D eigenvalue weighted by Crippen LogP contribution is -2.45. The van der Waals surface area contributed by atoms with Crippen LogP contribution in [0.25, 0.3) is 0 Å². The number of methoxy groups -OCH3 is 1. The summed E-state index contributed by atoms with van der Waals surface area (Å²) in [5.41, 5.74) is 0.988. The molecule has 186 valence electrons. The Morgan fingerprint density at radius 3 is 2.53 bits per heavy atom. The van der Waals surface area contributed by atoms with Gasteiger partial charge in [-0.1, -0.05) is 34.1 Å². The first-order valence-electron chi connectivity index (χ1n) is 11.6. The number of nitrogens with one attached hydrogen (secondary N) is 1. The molecule has 1 atom stereocenters. The number of hydrogen-bond donors (Lipinski definition) is 1. The van der Waals surface area contributed by atoms with E-state index in [0.717, 1.165) is 56.3 Å². The first-order valence-corrected chi connectivity index (χ1v) is 13.2. The predicted molar refractivity (Wildman–Crippen MR) is 141 cm³/mol. The molecule has 9 heteroatoms. The number of piperidine rings is 1. The molecule has 0 bridgehead atoms. The van der Waals surface area contributed by atoms with Crippen molar-refractivity contribution in [2.24, 2.45) is 5.41 Å². The zero-order valence-corrected chi connectivity index (χ0v) is 22.7. The number of carbonyl (C=O) groups is 2. The Labute approximate surface area is 220 Å². The normalized spacial score (nSPS) is 18.6. The maximum absolute atomic E-state index is 13.3. The van der Waals surface area contributed by atoms with E-state index in [0.29, 0.717) is 12.5 Å². The van der Waals surface area contributed by atoms with E-state index in [1.165, 1.54) is 17.6 Å². The zero-order chi connectivity index (χ0) is 23.3. The number of halogens is 2. The standard InChI is InChI=1S/C25H32BrN3O3S.ClH/c1-32-18-23(30)27-21(22-3-2-16-33-22)8-12-28-13-9-25(10-14-28)11-15-29(24(25)31)17-19-4-6-20(26)7-5-19;/h2-7,16,21H,8-15,17-18H2,1H3,(H,27,30);1H. The van der Waals surface area contributed by atoms with Gasteiger partial charge >= 0.3 is 0 Å². The molecule has 0 aliphatic carbocycles. The highest BCUT2D eigenvalue weighted by Gasteiger charge is 2.47. The molecule has 3 heterocycles. The Morgan fingerprint density at radius 2 is 1.88 bits per heavy atom. The molecule has 2 fully saturated rings. The topological polar surface area (TPSA) is 61.9 Å². The molecule has 34 heavy (non-hydrogen) atoms. The van der Waals surface area contributed by atoms with Crippen molar-refractivity contribution < 1.29 is 14.3 Å². The lowest BCUT2D eigenvalue weighted by atomic mass is 9.77. The molecule has 1 spiro atoms. The highest BCUT2D eigenvalue weighted by Crippen LogP contribution is 2.42. The second-order valence-electron chi connectivity index (χ2n) is 9.08. The lowest BCUT2D eigenvalue weighted by Gasteiger charge is -2.38. The van der Waals surface area contributed by atoms with Crippen LogP contribution in [-0.2, 0) is 20.9 Å². The van der Waals surface area contributed by atoms with Crippen molar-refractivity contribution in [2.75, 3.05) is 39.9 Å². The van der Waals surface area contributed by atoms with Crippen molar-refractivity contribution in [3.63, 3.8) is 0 Å². The SMILES string of the molecule is COCC(=O)NC(CCN1CCC2(CC1)CCN(Cc1ccc(Br)cc1)C2=O)c1cccs1.Cl. The third-order valence-electron chi connectivity index (χ3n) is 6.93. The fourth-order valence-electron chi connectivity index (χ4n) is 4.98. The van der Waals surface area contributed by atoms with E-state index in [2.05, 4.69) is 44.3 Å². The third kappa shape index (κ3) is 6.61. The molecule has 4 rings (SSSR count). The van der Waals surface area contributed by atoms with Gasteiger partial charge in [0.2, 0.25) is 11.8 Å². The molecular formula is C25H33BrClN3O3S. The van der Waals surface area contributed by atoms with Crippen LogP contribution in [0.3, 0.4) is 0 Å². The van der Waals surface area contributed by atoms with Gasteiger partial charge in [0, 0.05) is 36.1 Å². The van der Waals surface area contributed by atoms with E-state index in [4.69, 9.17) is 4.74 Å². The Hall–Kier alpha value is -1.45. The van der Waals surface area contributed by atoms with Crippen molar-refractivity contribution >= 4 is 51.5 Å². The van der Waals surface area contributed by atoms with E-state index in [1.54, 1.807) is 11.3 Å². The minimum atomic E-state index is -0.189.